The summed E-state index contributed by atoms with van der Waals surface area (Å²) in [6.45, 7) is 3.26. The molecule has 1 N–H and O–H groups in total. The maximum Gasteiger partial charge on any atom is 0.161 e. The quantitative estimate of drug-likeness (QED) is 0.882. The molecule has 102 valence electrons. The predicted octanol–water partition coefficient (Wildman–Crippen LogP) is 2.76. The van der Waals surface area contributed by atoms with Gasteiger partial charge >= 0.3 is 0 Å². The molecule has 0 atom stereocenters. The number of aryl methyl sites for hydroxylation is 1. The Kier molecular flexibility index (Phi) is 4.76. The Bertz CT molecular complexity index is 540. The van der Waals surface area contributed by atoms with Crippen molar-refractivity contribution in [2.45, 2.75) is 20.1 Å². The SMILES string of the molecule is CNCc1ccc(OCc2csc(C)n2)c(OC)c1. The molecule has 0 aliphatic carbocycles. The van der Waals surface area contributed by atoms with Crippen LogP contribution in [0.3, 0.4) is 0 Å². The summed E-state index contributed by atoms with van der Waals surface area (Å²) < 4.78 is 11.1. The van der Waals surface area contributed by atoms with E-state index in [4.69, 9.17) is 9.47 Å². The number of hydrogen-bond donors (Lipinski definition) is 1. The average Bonchev–Trinajstić information content (AvgIpc) is 2.83. The van der Waals surface area contributed by atoms with E-state index >= 15 is 0 Å². The van der Waals surface area contributed by atoms with E-state index in [1.54, 1.807) is 18.4 Å². The van der Waals surface area contributed by atoms with E-state index in [-0.39, 0.29) is 0 Å². The number of methoxy groups -OCH3 is 1. The fourth-order valence-electron chi connectivity index (χ4n) is 1.77. The highest BCUT2D eigenvalue weighted by Crippen LogP contribution is 2.28. The van der Waals surface area contributed by atoms with Gasteiger partial charge in [-0.3, -0.25) is 0 Å². The molecule has 0 radical (unpaired) electrons. The lowest BCUT2D eigenvalue weighted by molar-refractivity contribution is 0.281. The van der Waals surface area contributed by atoms with Gasteiger partial charge < -0.3 is 14.8 Å². The van der Waals surface area contributed by atoms with Crippen LogP contribution in [0.4, 0.5) is 0 Å². The number of rotatable bonds is 6. The number of aromatic nitrogens is 1. The molecule has 1 aromatic heterocycles. The number of thiazole rings is 1. The summed E-state index contributed by atoms with van der Waals surface area (Å²) in [5.41, 5.74) is 2.11. The zero-order valence-corrected chi connectivity index (χ0v) is 12.2. The summed E-state index contributed by atoms with van der Waals surface area (Å²) in [5, 5.41) is 6.17. The third-order valence-electron chi connectivity index (χ3n) is 2.65. The van der Waals surface area contributed by atoms with E-state index in [1.165, 1.54) is 0 Å². The molecular formula is C14H18N2O2S. The zero-order valence-electron chi connectivity index (χ0n) is 11.4. The van der Waals surface area contributed by atoms with Crippen molar-refractivity contribution in [3.05, 3.63) is 39.8 Å². The Balaban J connectivity index is 2.06. The highest BCUT2D eigenvalue weighted by molar-refractivity contribution is 7.09. The second-order valence-corrected chi connectivity index (χ2v) is 5.22. The van der Waals surface area contributed by atoms with Gasteiger partial charge in [-0.2, -0.15) is 0 Å². The van der Waals surface area contributed by atoms with Crippen LogP contribution >= 0.6 is 11.3 Å². The Morgan fingerprint density at radius 1 is 1.32 bits per heavy atom. The lowest BCUT2D eigenvalue weighted by Crippen LogP contribution is -2.05. The number of nitrogens with one attached hydrogen (secondary N) is 1. The van der Waals surface area contributed by atoms with Gasteiger partial charge in [0.1, 0.15) is 6.61 Å². The summed E-state index contributed by atoms with van der Waals surface area (Å²) >= 11 is 1.63. The smallest absolute Gasteiger partial charge is 0.161 e. The van der Waals surface area contributed by atoms with E-state index in [0.717, 1.165) is 34.3 Å². The minimum Gasteiger partial charge on any atom is -0.493 e. The van der Waals surface area contributed by atoms with Crippen molar-refractivity contribution in [1.82, 2.24) is 10.3 Å². The maximum absolute atomic E-state index is 5.76. The first-order valence-electron chi connectivity index (χ1n) is 6.08. The molecule has 19 heavy (non-hydrogen) atoms. The van der Waals surface area contributed by atoms with Gasteiger partial charge in [0.2, 0.25) is 0 Å². The lowest BCUT2D eigenvalue weighted by Gasteiger charge is -2.11. The monoisotopic (exact) mass is 278 g/mol. The third kappa shape index (κ3) is 3.68. The van der Waals surface area contributed by atoms with Crippen LogP contribution < -0.4 is 14.8 Å². The highest BCUT2D eigenvalue weighted by Gasteiger charge is 2.07. The summed E-state index contributed by atoms with van der Waals surface area (Å²) in [4.78, 5) is 4.37. The fourth-order valence-corrected chi connectivity index (χ4v) is 2.37. The molecule has 0 fully saturated rings. The van der Waals surface area contributed by atoms with Gasteiger partial charge in [0, 0.05) is 11.9 Å². The number of hydrogen-bond acceptors (Lipinski definition) is 5. The standard InChI is InChI=1S/C14H18N2O2S/c1-10-16-12(9-19-10)8-18-13-5-4-11(7-15-2)6-14(13)17-3/h4-6,9,15H,7-8H2,1-3H3. The Hall–Kier alpha value is -1.59. The molecule has 0 aliphatic heterocycles. The Morgan fingerprint density at radius 3 is 2.79 bits per heavy atom. The van der Waals surface area contributed by atoms with Crippen molar-refractivity contribution in [1.29, 1.82) is 0 Å². The van der Waals surface area contributed by atoms with Crippen molar-refractivity contribution in [2.75, 3.05) is 14.2 Å². The fraction of sp³-hybridized carbons (Fsp3) is 0.357. The topological polar surface area (TPSA) is 43.4 Å². The van der Waals surface area contributed by atoms with E-state index in [0.29, 0.717) is 6.61 Å². The predicted molar refractivity (Wildman–Crippen MR) is 76.9 cm³/mol. The summed E-state index contributed by atoms with van der Waals surface area (Å²) in [6, 6.07) is 5.95. The highest BCUT2D eigenvalue weighted by atomic mass is 32.1. The van der Waals surface area contributed by atoms with Gasteiger partial charge in [0.05, 0.1) is 17.8 Å². The normalized spacial score (nSPS) is 10.5. The molecule has 1 aromatic carbocycles. The second kappa shape index (κ2) is 6.54. The molecule has 2 rings (SSSR count). The van der Waals surface area contributed by atoms with Crippen LogP contribution in [0.2, 0.25) is 0 Å². The number of ether oxygens (including phenoxy) is 2. The molecule has 4 nitrogen and oxygen atoms in total. The molecule has 0 saturated carbocycles. The van der Waals surface area contributed by atoms with Crippen molar-refractivity contribution in [2.24, 2.45) is 0 Å². The average molecular weight is 278 g/mol. The summed E-state index contributed by atoms with van der Waals surface area (Å²) in [7, 11) is 3.57. The number of benzene rings is 1. The van der Waals surface area contributed by atoms with Gasteiger partial charge in [-0.25, -0.2) is 4.98 Å². The largest absolute Gasteiger partial charge is 0.493 e. The van der Waals surface area contributed by atoms with Gasteiger partial charge in [-0.1, -0.05) is 6.07 Å². The van der Waals surface area contributed by atoms with Gasteiger partial charge in [-0.15, -0.1) is 11.3 Å². The molecule has 0 bridgehead atoms. The first-order chi connectivity index (χ1) is 9.22. The van der Waals surface area contributed by atoms with E-state index in [9.17, 15) is 0 Å². The van der Waals surface area contributed by atoms with Crippen LogP contribution in [-0.2, 0) is 13.2 Å². The van der Waals surface area contributed by atoms with E-state index in [2.05, 4.69) is 10.3 Å². The number of nitrogens with zero attached hydrogens (tertiary/aromatic N) is 1. The first-order valence-corrected chi connectivity index (χ1v) is 6.96. The van der Waals surface area contributed by atoms with Gasteiger partial charge in [-0.05, 0) is 31.7 Å². The van der Waals surface area contributed by atoms with Crippen LogP contribution in [0.1, 0.15) is 16.3 Å². The van der Waals surface area contributed by atoms with Crippen LogP contribution in [0.5, 0.6) is 11.5 Å². The third-order valence-corrected chi connectivity index (χ3v) is 3.47. The Morgan fingerprint density at radius 2 is 2.16 bits per heavy atom. The molecule has 0 aliphatic rings. The van der Waals surface area contributed by atoms with Crippen LogP contribution in [0, 0.1) is 6.92 Å². The van der Waals surface area contributed by atoms with E-state index in [1.807, 2.05) is 37.6 Å². The zero-order chi connectivity index (χ0) is 13.7. The molecule has 0 spiro atoms. The van der Waals surface area contributed by atoms with Gasteiger partial charge in [0.15, 0.2) is 11.5 Å². The molecule has 0 saturated heterocycles. The molecule has 0 amide bonds. The first kappa shape index (κ1) is 13.8. The van der Waals surface area contributed by atoms with Crippen LogP contribution in [0.15, 0.2) is 23.6 Å². The minimum absolute atomic E-state index is 0.464. The van der Waals surface area contributed by atoms with E-state index < -0.39 is 0 Å². The summed E-state index contributed by atoms with van der Waals surface area (Å²) in [5.74, 6) is 1.49. The minimum atomic E-state index is 0.464. The molecule has 1 heterocycles. The van der Waals surface area contributed by atoms with Crippen molar-refractivity contribution < 1.29 is 9.47 Å². The maximum atomic E-state index is 5.76. The van der Waals surface area contributed by atoms with Crippen LogP contribution in [0.25, 0.3) is 0 Å². The molecular weight excluding hydrogens is 260 g/mol. The molecule has 0 unspecified atom stereocenters. The van der Waals surface area contributed by atoms with Crippen molar-refractivity contribution >= 4 is 11.3 Å². The van der Waals surface area contributed by atoms with Gasteiger partial charge in [0.25, 0.3) is 0 Å². The molecule has 5 heteroatoms. The van der Waals surface area contributed by atoms with Crippen molar-refractivity contribution in [3.63, 3.8) is 0 Å². The Labute approximate surface area is 117 Å². The lowest BCUT2D eigenvalue weighted by atomic mass is 10.2. The summed E-state index contributed by atoms with van der Waals surface area (Å²) in [6.07, 6.45) is 0. The van der Waals surface area contributed by atoms with Crippen LogP contribution in [-0.4, -0.2) is 19.1 Å². The molecule has 2 aromatic rings. The second-order valence-electron chi connectivity index (χ2n) is 4.16. The van der Waals surface area contributed by atoms with Crippen molar-refractivity contribution in [3.8, 4) is 11.5 Å².